The molecule has 0 saturated carbocycles. The Morgan fingerprint density at radius 1 is 1.86 bits per heavy atom. The average Bonchev–Trinajstić information content (AvgIpc) is 1.27. The van der Waals surface area contributed by atoms with E-state index in [-0.39, 0.29) is 6.42 Å². The van der Waals surface area contributed by atoms with Crippen LogP contribution in [-0.2, 0) is 4.79 Å². The van der Waals surface area contributed by atoms with Gasteiger partial charge in [-0.2, -0.15) is 0 Å². The van der Waals surface area contributed by atoms with Crippen LogP contribution in [0, 0.1) is 0 Å². The minimum Gasteiger partial charge on any atom is -0.481 e. The van der Waals surface area contributed by atoms with Gasteiger partial charge in [0.25, 0.3) is 0 Å². The highest BCUT2D eigenvalue weighted by atomic mass is 79.9. The van der Waals surface area contributed by atoms with Crippen LogP contribution >= 0.6 is 15.9 Å². The summed E-state index contributed by atoms with van der Waals surface area (Å²) in [5.41, 5.74) is 0. The Balaban J connectivity index is 3.13. The van der Waals surface area contributed by atoms with E-state index in [2.05, 4.69) is 15.9 Å². The predicted molar refractivity (Wildman–Crippen MR) is 27.2 cm³/mol. The van der Waals surface area contributed by atoms with Gasteiger partial charge in [-0.05, 0) is 0 Å². The summed E-state index contributed by atoms with van der Waals surface area (Å²) >= 11 is 2.65. The van der Waals surface area contributed by atoms with E-state index in [4.69, 9.17) is 10.2 Å². The highest BCUT2D eigenvalue weighted by Gasteiger charge is 2.01. The van der Waals surface area contributed by atoms with Crippen LogP contribution in [0.2, 0.25) is 0 Å². The molecular formula is C3H5BrO3. The van der Waals surface area contributed by atoms with Gasteiger partial charge in [0.2, 0.25) is 0 Å². The molecule has 1 unspecified atom stereocenters. The second kappa shape index (κ2) is 2.98. The zero-order valence-corrected chi connectivity index (χ0v) is 5.05. The minimum absolute atomic E-state index is 0.250. The van der Waals surface area contributed by atoms with Crippen LogP contribution in [0.15, 0.2) is 0 Å². The van der Waals surface area contributed by atoms with Gasteiger partial charge in [-0.1, -0.05) is 15.9 Å². The summed E-state index contributed by atoms with van der Waals surface area (Å²) in [5.74, 6) is -1.01. The highest BCUT2D eigenvalue weighted by Crippen LogP contribution is 1.97. The van der Waals surface area contributed by atoms with E-state index in [0.29, 0.717) is 0 Å². The third kappa shape index (κ3) is 5.91. The van der Waals surface area contributed by atoms with E-state index in [1.165, 1.54) is 0 Å². The molecule has 4 heteroatoms. The lowest BCUT2D eigenvalue weighted by molar-refractivity contribution is -0.138. The zero-order chi connectivity index (χ0) is 5.86. The van der Waals surface area contributed by atoms with E-state index in [1.807, 2.05) is 0 Å². The van der Waals surface area contributed by atoms with Crippen LogP contribution in [0.3, 0.4) is 0 Å². The first-order valence-corrected chi connectivity index (χ1v) is 2.58. The van der Waals surface area contributed by atoms with Gasteiger partial charge in [0.15, 0.2) is 0 Å². The van der Waals surface area contributed by atoms with E-state index in [1.54, 1.807) is 0 Å². The van der Waals surface area contributed by atoms with Crippen LogP contribution in [-0.4, -0.2) is 21.2 Å². The summed E-state index contributed by atoms with van der Waals surface area (Å²) in [4.78, 5) is 9.62. The average molecular weight is 169 g/mol. The molecule has 0 heterocycles. The van der Waals surface area contributed by atoms with Crippen molar-refractivity contribution < 1.29 is 15.0 Å². The van der Waals surface area contributed by atoms with Gasteiger partial charge in [-0.25, -0.2) is 0 Å². The fourth-order valence-electron chi connectivity index (χ4n) is 0.144. The summed E-state index contributed by atoms with van der Waals surface area (Å²) in [6.07, 6.45) is -0.250. The van der Waals surface area contributed by atoms with Crippen LogP contribution < -0.4 is 0 Å². The number of aliphatic carboxylic acids is 1. The predicted octanol–water partition coefficient (Wildman–Crippen LogP) is 0.174. The molecule has 42 valence electrons. The Labute approximate surface area is 49.1 Å². The maximum atomic E-state index is 9.62. The molecule has 0 rings (SSSR count). The van der Waals surface area contributed by atoms with Crippen molar-refractivity contribution in [2.24, 2.45) is 0 Å². The van der Waals surface area contributed by atoms with Crippen molar-refractivity contribution in [3.8, 4) is 0 Å². The number of halogens is 1. The summed E-state index contributed by atoms with van der Waals surface area (Å²) in [5, 5.41) is 15.2. The first-order valence-electron chi connectivity index (χ1n) is 1.67. The SMILES string of the molecule is O=C(O)CC(O)Br. The quantitative estimate of drug-likeness (QED) is 0.579. The number of alkyl halides is 1. The number of carbonyl (C=O) groups is 1. The molecule has 7 heavy (non-hydrogen) atoms. The van der Waals surface area contributed by atoms with Crippen LogP contribution in [0.25, 0.3) is 0 Å². The fraction of sp³-hybridized carbons (Fsp3) is 0.667. The Kier molecular flexibility index (Phi) is 2.95. The van der Waals surface area contributed by atoms with E-state index in [9.17, 15) is 4.79 Å². The van der Waals surface area contributed by atoms with Crippen LogP contribution in [0.1, 0.15) is 6.42 Å². The molecule has 0 radical (unpaired) electrons. The van der Waals surface area contributed by atoms with E-state index < -0.39 is 11.0 Å². The molecule has 0 spiro atoms. The maximum absolute atomic E-state index is 9.62. The first kappa shape index (κ1) is 6.91. The third-order valence-corrected chi connectivity index (χ3v) is 0.667. The van der Waals surface area contributed by atoms with Crippen molar-refractivity contribution in [1.82, 2.24) is 0 Å². The lowest BCUT2D eigenvalue weighted by atomic mass is 10.5. The largest absolute Gasteiger partial charge is 0.481 e. The van der Waals surface area contributed by atoms with Gasteiger partial charge in [-0.15, -0.1) is 0 Å². The third-order valence-electron chi connectivity index (χ3n) is 0.343. The lowest BCUT2D eigenvalue weighted by Crippen LogP contribution is -2.04. The van der Waals surface area contributed by atoms with Crippen molar-refractivity contribution in [1.29, 1.82) is 0 Å². The molecule has 0 aliphatic carbocycles. The van der Waals surface area contributed by atoms with Gasteiger partial charge < -0.3 is 10.2 Å². The molecule has 0 aromatic rings. The van der Waals surface area contributed by atoms with Gasteiger partial charge in [0.1, 0.15) is 5.01 Å². The molecule has 3 nitrogen and oxygen atoms in total. The normalized spacial score (nSPS) is 13.4. The second-order valence-electron chi connectivity index (χ2n) is 1.03. The van der Waals surface area contributed by atoms with Gasteiger partial charge in [0.05, 0.1) is 6.42 Å². The Hall–Kier alpha value is -0.0900. The number of hydrogen-bond acceptors (Lipinski definition) is 2. The van der Waals surface area contributed by atoms with Gasteiger partial charge in [-0.3, -0.25) is 4.79 Å². The van der Waals surface area contributed by atoms with Crippen molar-refractivity contribution in [3.63, 3.8) is 0 Å². The molecule has 1 atom stereocenters. The highest BCUT2D eigenvalue weighted by molar-refractivity contribution is 9.09. The molecule has 0 amide bonds. The second-order valence-corrected chi connectivity index (χ2v) is 2.09. The maximum Gasteiger partial charge on any atom is 0.306 e. The van der Waals surface area contributed by atoms with Crippen LogP contribution in [0.5, 0.6) is 0 Å². The molecule has 2 N–H and O–H groups in total. The van der Waals surface area contributed by atoms with Crippen molar-refractivity contribution in [2.45, 2.75) is 11.4 Å². The van der Waals surface area contributed by atoms with Crippen molar-refractivity contribution in [2.75, 3.05) is 0 Å². The molecule has 0 aliphatic rings. The number of carboxylic acids is 1. The van der Waals surface area contributed by atoms with Crippen LogP contribution in [0.4, 0.5) is 0 Å². The molecule has 0 bridgehead atoms. The topological polar surface area (TPSA) is 57.5 Å². The molecule has 0 fully saturated rings. The standard InChI is InChI=1S/C3H5BrO3/c4-2(5)1-3(6)7/h2,5H,1H2,(H,6,7). The number of aliphatic hydroxyl groups is 1. The van der Waals surface area contributed by atoms with Gasteiger partial charge >= 0.3 is 5.97 Å². The number of aliphatic hydroxyl groups excluding tert-OH is 1. The smallest absolute Gasteiger partial charge is 0.306 e. The molecule has 0 aromatic carbocycles. The molecule has 0 saturated heterocycles. The summed E-state index contributed by atoms with van der Waals surface area (Å²) in [6.45, 7) is 0. The number of rotatable bonds is 2. The summed E-state index contributed by atoms with van der Waals surface area (Å²) in [7, 11) is 0. The lowest BCUT2D eigenvalue weighted by Gasteiger charge is -1.92. The Morgan fingerprint density at radius 3 is 2.29 bits per heavy atom. The number of hydrogen-bond donors (Lipinski definition) is 2. The van der Waals surface area contributed by atoms with Crippen molar-refractivity contribution in [3.05, 3.63) is 0 Å². The summed E-state index contributed by atoms with van der Waals surface area (Å²) in [6, 6.07) is 0. The fourth-order valence-corrected chi connectivity index (χ4v) is 0.421. The minimum atomic E-state index is -1.01. The molecule has 0 aromatic heterocycles. The van der Waals surface area contributed by atoms with Gasteiger partial charge in [0, 0.05) is 0 Å². The first-order chi connectivity index (χ1) is 3.13. The molecular weight excluding hydrogens is 164 g/mol. The Bertz CT molecular complexity index is 70.6. The number of carboxylic acid groups (broad SMARTS) is 1. The molecule has 0 aliphatic heterocycles. The monoisotopic (exact) mass is 168 g/mol. The van der Waals surface area contributed by atoms with E-state index >= 15 is 0 Å². The Morgan fingerprint density at radius 2 is 2.29 bits per heavy atom. The zero-order valence-electron chi connectivity index (χ0n) is 3.47. The summed E-state index contributed by atoms with van der Waals surface area (Å²) < 4.78 is 0. The van der Waals surface area contributed by atoms with E-state index in [0.717, 1.165) is 0 Å². The van der Waals surface area contributed by atoms with Crippen molar-refractivity contribution >= 4 is 21.9 Å².